The number of carbonyl (C=O) groups excluding carboxylic acids is 2. The first-order valence-electron chi connectivity index (χ1n) is 13.3. The van der Waals surface area contributed by atoms with E-state index in [1.807, 2.05) is 60.4 Å². The van der Waals surface area contributed by atoms with E-state index >= 15 is 0 Å². The minimum absolute atomic E-state index is 0.0342. The molecule has 1 atom stereocenters. The summed E-state index contributed by atoms with van der Waals surface area (Å²) in [5.41, 5.74) is 2.52. The smallest absolute Gasteiger partial charge is 0.256 e. The number of likely N-dealkylation sites (tertiary alicyclic amines) is 1. The Hall–Kier alpha value is -2.97. The Kier molecular flexibility index (Phi) is 9.16. The van der Waals surface area contributed by atoms with Gasteiger partial charge in [0.15, 0.2) is 5.11 Å². The largest absolute Gasteiger partial charge is 0.494 e. The van der Waals surface area contributed by atoms with Gasteiger partial charge in [0.05, 0.1) is 18.7 Å². The SMILES string of the molecule is CCCOc1ccc(NC(=O)C[C@H]2C(=O)N(c3ccc(C)cc3)C(=S)N2CCN2CCC(C)CC2)cc1. The number of hydrogen-bond donors (Lipinski definition) is 1. The first-order valence-corrected chi connectivity index (χ1v) is 13.7. The van der Waals surface area contributed by atoms with E-state index in [2.05, 4.69) is 24.1 Å². The van der Waals surface area contributed by atoms with Gasteiger partial charge in [0.25, 0.3) is 5.91 Å². The molecule has 2 aromatic rings. The summed E-state index contributed by atoms with van der Waals surface area (Å²) in [5.74, 6) is 1.15. The average molecular weight is 523 g/mol. The molecule has 7 nitrogen and oxygen atoms in total. The number of piperidine rings is 1. The summed E-state index contributed by atoms with van der Waals surface area (Å²) in [6, 6.07) is 14.4. The number of nitrogens with one attached hydrogen (secondary N) is 1. The topological polar surface area (TPSA) is 65.1 Å². The molecule has 0 radical (unpaired) electrons. The number of anilines is 2. The normalized spacial score (nSPS) is 18.9. The van der Waals surface area contributed by atoms with Crippen LogP contribution in [-0.4, -0.2) is 65.6 Å². The lowest BCUT2D eigenvalue weighted by Gasteiger charge is -2.32. The first-order chi connectivity index (χ1) is 17.9. The van der Waals surface area contributed by atoms with Gasteiger partial charge in [-0.15, -0.1) is 0 Å². The van der Waals surface area contributed by atoms with E-state index in [9.17, 15) is 9.59 Å². The molecule has 2 aromatic carbocycles. The Bertz CT molecular complexity index is 1080. The van der Waals surface area contributed by atoms with Crippen molar-refractivity contribution >= 4 is 40.5 Å². The Morgan fingerprint density at radius 3 is 2.38 bits per heavy atom. The number of rotatable bonds is 10. The molecular weight excluding hydrogens is 484 g/mol. The molecule has 8 heteroatoms. The van der Waals surface area contributed by atoms with Crippen molar-refractivity contribution in [3.8, 4) is 5.75 Å². The Balaban J connectivity index is 1.46. The number of ether oxygens (including phenoxy) is 1. The van der Waals surface area contributed by atoms with Crippen LogP contribution >= 0.6 is 12.2 Å². The maximum Gasteiger partial charge on any atom is 0.256 e. The van der Waals surface area contributed by atoms with Gasteiger partial charge in [0.1, 0.15) is 11.8 Å². The maximum atomic E-state index is 13.6. The molecule has 0 aliphatic carbocycles. The highest BCUT2D eigenvalue weighted by Crippen LogP contribution is 2.28. The lowest BCUT2D eigenvalue weighted by molar-refractivity contribution is -0.124. The molecule has 0 bridgehead atoms. The number of amides is 2. The van der Waals surface area contributed by atoms with Crippen LogP contribution in [0.1, 0.15) is 45.1 Å². The van der Waals surface area contributed by atoms with Crippen LogP contribution in [-0.2, 0) is 9.59 Å². The molecule has 0 saturated carbocycles. The fraction of sp³-hybridized carbons (Fsp3) is 0.483. The van der Waals surface area contributed by atoms with Crippen molar-refractivity contribution in [2.45, 2.75) is 52.5 Å². The third-order valence-corrected chi connectivity index (χ3v) is 7.55. The minimum Gasteiger partial charge on any atom is -0.494 e. The predicted molar refractivity (Wildman–Crippen MR) is 152 cm³/mol. The number of thiocarbonyl (C=S) groups is 1. The van der Waals surface area contributed by atoms with E-state index in [1.165, 1.54) is 12.8 Å². The van der Waals surface area contributed by atoms with Crippen LogP contribution in [0.2, 0.25) is 0 Å². The lowest BCUT2D eigenvalue weighted by Crippen LogP contribution is -2.44. The summed E-state index contributed by atoms with van der Waals surface area (Å²) in [6.07, 6.45) is 3.34. The second kappa shape index (κ2) is 12.5. The summed E-state index contributed by atoms with van der Waals surface area (Å²) >= 11 is 5.82. The monoisotopic (exact) mass is 522 g/mol. The van der Waals surface area contributed by atoms with E-state index in [1.54, 1.807) is 4.90 Å². The predicted octanol–water partition coefficient (Wildman–Crippen LogP) is 4.85. The maximum absolute atomic E-state index is 13.6. The van der Waals surface area contributed by atoms with Crippen molar-refractivity contribution in [1.82, 2.24) is 9.80 Å². The lowest BCUT2D eigenvalue weighted by atomic mass is 9.99. The molecule has 4 rings (SSSR count). The number of hydrogen-bond acceptors (Lipinski definition) is 5. The van der Waals surface area contributed by atoms with Crippen LogP contribution in [0, 0.1) is 12.8 Å². The van der Waals surface area contributed by atoms with Crippen molar-refractivity contribution in [3.63, 3.8) is 0 Å². The standard InChI is InChI=1S/C29H38N4O3S/c1-4-19-36-25-11-7-23(8-12-25)30-27(34)20-26-28(35)33(24-9-5-21(2)6-10-24)29(37)32(26)18-17-31-15-13-22(3)14-16-31/h5-12,22,26H,4,13-20H2,1-3H3,(H,30,34)/t26-/m0/s1. The molecule has 1 N–H and O–H groups in total. The third-order valence-electron chi connectivity index (χ3n) is 7.13. The second-order valence-electron chi connectivity index (χ2n) is 10.2. The molecular formula is C29H38N4O3S. The van der Waals surface area contributed by atoms with Gasteiger partial charge in [0.2, 0.25) is 5.91 Å². The summed E-state index contributed by atoms with van der Waals surface area (Å²) in [4.78, 5) is 32.6. The van der Waals surface area contributed by atoms with Gasteiger partial charge in [-0.3, -0.25) is 14.5 Å². The molecule has 0 unspecified atom stereocenters. The molecule has 0 spiro atoms. The van der Waals surface area contributed by atoms with Crippen molar-refractivity contribution in [3.05, 3.63) is 54.1 Å². The highest BCUT2D eigenvalue weighted by molar-refractivity contribution is 7.80. The molecule has 2 heterocycles. The van der Waals surface area contributed by atoms with Crippen molar-refractivity contribution in [2.24, 2.45) is 5.92 Å². The minimum atomic E-state index is -0.635. The van der Waals surface area contributed by atoms with Crippen LogP contribution in [0.25, 0.3) is 0 Å². The van der Waals surface area contributed by atoms with Crippen LogP contribution in [0.15, 0.2) is 48.5 Å². The van der Waals surface area contributed by atoms with Crippen molar-refractivity contribution < 1.29 is 14.3 Å². The van der Waals surface area contributed by atoms with E-state index < -0.39 is 6.04 Å². The van der Waals surface area contributed by atoms with Gasteiger partial charge in [-0.25, -0.2) is 0 Å². The van der Waals surface area contributed by atoms with Crippen LogP contribution in [0.5, 0.6) is 5.75 Å². The quantitative estimate of drug-likeness (QED) is 0.450. The van der Waals surface area contributed by atoms with Crippen LogP contribution in [0.3, 0.4) is 0 Å². The van der Waals surface area contributed by atoms with E-state index in [0.29, 0.717) is 24.0 Å². The molecule has 37 heavy (non-hydrogen) atoms. The third kappa shape index (κ3) is 6.87. The van der Waals surface area contributed by atoms with E-state index in [-0.39, 0.29) is 18.2 Å². The first kappa shape index (κ1) is 27.1. The number of nitrogens with zero attached hydrogens (tertiary/aromatic N) is 3. The summed E-state index contributed by atoms with van der Waals surface area (Å²) in [5, 5.41) is 3.40. The molecule has 2 saturated heterocycles. The Morgan fingerprint density at radius 1 is 1.05 bits per heavy atom. The second-order valence-corrected chi connectivity index (χ2v) is 10.5. The number of benzene rings is 2. The zero-order valence-corrected chi connectivity index (χ0v) is 22.9. The number of carbonyl (C=O) groups is 2. The Morgan fingerprint density at radius 2 is 1.73 bits per heavy atom. The van der Waals surface area contributed by atoms with Gasteiger partial charge in [-0.2, -0.15) is 0 Å². The zero-order valence-electron chi connectivity index (χ0n) is 22.1. The molecule has 2 aliphatic heterocycles. The molecule has 0 aromatic heterocycles. The molecule has 198 valence electrons. The van der Waals surface area contributed by atoms with Gasteiger partial charge in [-0.05, 0) is 93.8 Å². The number of aryl methyl sites for hydroxylation is 1. The van der Waals surface area contributed by atoms with Crippen LogP contribution < -0.4 is 15.0 Å². The highest BCUT2D eigenvalue weighted by Gasteiger charge is 2.44. The van der Waals surface area contributed by atoms with Gasteiger partial charge in [-0.1, -0.05) is 31.5 Å². The fourth-order valence-corrected chi connectivity index (χ4v) is 5.21. The Labute approximate surface area is 225 Å². The van der Waals surface area contributed by atoms with Gasteiger partial charge >= 0.3 is 0 Å². The molecule has 2 fully saturated rings. The van der Waals surface area contributed by atoms with Gasteiger partial charge in [0, 0.05) is 18.8 Å². The van der Waals surface area contributed by atoms with Gasteiger partial charge < -0.3 is 19.9 Å². The van der Waals surface area contributed by atoms with E-state index in [0.717, 1.165) is 49.0 Å². The average Bonchev–Trinajstić information content (AvgIpc) is 3.12. The fourth-order valence-electron chi connectivity index (χ4n) is 4.80. The van der Waals surface area contributed by atoms with Crippen molar-refractivity contribution in [2.75, 3.05) is 43.0 Å². The summed E-state index contributed by atoms with van der Waals surface area (Å²) in [6.45, 7) is 10.6. The molecule has 2 amide bonds. The van der Waals surface area contributed by atoms with Crippen LogP contribution in [0.4, 0.5) is 11.4 Å². The van der Waals surface area contributed by atoms with Crippen molar-refractivity contribution in [1.29, 1.82) is 0 Å². The zero-order chi connectivity index (χ0) is 26.4. The highest BCUT2D eigenvalue weighted by atomic mass is 32.1. The summed E-state index contributed by atoms with van der Waals surface area (Å²) in [7, 11) is 0. The van der Waals surface area contributed by atoms with E-state index in [4.69, 9.17) is 17.0 Å². The molecule has 2 aliphatic rings. The summed E-state index contributed by atoms with van der Waals surface area (Å²) < 4.78 is 5.62.